The standard InChI is InChI=1S/C8H18NO.C2HF6NO2S/c1-9(7-8-10)5-3-2-4-6-9;3-1(4,5)9-12(10,11)2(6,7)8/h10H,2-8H2,1H3;(H,9,10,11)/q+1;/p-1. The number of aliphatic hydroxyl groups excluding tert-OH is 1. The number of likely N-dealkylation sites (N-methyl/N-ethyl adjacent to an activating group) is 1. The summed E-state index contributed by atoms with van der Waals surface area (Å²) in [5.41, 5.74) is -6.01. The maximum absolute atomic E-state index is 11.2. The van der Waals surface area contributed by atoms with Crippen LogP contribution in [0.4, 0.5) is 26.3 Å². The van der Waals surface area contributed by atoms with E-state index in [0.717, 1.165) is 11.0 Å². The molecule has 1 heterocycles. The third-order valence-electron chi connectivity index (χ3n) is 3.05. The Morgan fingerprint density at radius 1 is 1.14 bits per heavy atom. The van der Waals surface area contributed by atoms with Crippen molar-refractivity contribution < 1.29 is 44.7 Å². The molecule has 0 spiro atoms. The van der Waals surface area contributed by atoms with Crippen LogP contribution < -0.4 is 0 Å². The monoisotopic (exact) mass is 360 g/mol. The smallest absolute Gasteiger partial charge is 0.510 e. The van der Waals surface area contributed by atoms with E-state index >= 15 is 0 Å². The predicted molar refractivity (Wildman–Crippen MR) is 65.2 cm³/mol. The average Bonchev–Trinajstić information content (AvgIpc) is 2.25. The van der Waals surface area contributed by atoms with Crippen LogP contribution in [0.5, 0.6) is 0 Å². The minimum atomic E-state index is -6.46. The van der Waals surface area contributed by atoms with Gasteiger partial charge in [-0.15, -0.1) is 17.5 Å². The highest BCUT2D eigenvalue weighted by atomic mass is 32.2. The molecule has 0 amide bonds. The van der Waals surface area contributed by atoms with Gasteiger partial charge in [0, 0.05) is 0 Å². The van der Waals surface area contributed by atoms with E-state index in [1.807, 2.05) is 0 Å². The van der Waals surface area contributed by atoms with Crippen molar-refractivity contribution in [1.82, 2.24) is 0 Å². The molecule has 0 aliphatic carbocycles. The zero-order valence-corrected chi connectivity index (χ0v) is 12.6. The van der Waals surface area contributed by atoms with Crippen molar-refractivity contribution in [2.24, 2.45) is 4.36 Å². The van der Waals surface area contributed by atoms with Crippen molar-refractivity contribution in [1.29, 1.82) is 0 Å². The minimum absolute atomic E-state index is 0.344. The molecule has 0 aromatic carbocycles. The maximum atomic E-state index is 11.2. The van der Waals surface area contributed by atoms with E-state index in [2.05, 4.69) is 7.05 Å². The van der Waals surface area contributed by atoms with E-state index in [0.29, 0.717) is 11.0 Å². The highest BCUT2D eigenvalue weighted by molar-refractivity contribution is 7.88. The van der Waals surface area contributed by atoms with Gasteiger partial charge >= 0.3 is 11.8 Å². The Labute approximate surface area is 124 Å². The largest absolute Gasteiger partial charge is 0.757 e. The molecular formula is C10H18F6N2O3S. The number of hydrogen-bond donors (Lipinski definition) is 1. The highest BCUT2D eigenvalue weighted by Gasteiger charge is 2.40. The summed E-state index contributed by atoms with van der Waals surface area (Å²) in [4.78, 5) is 0. The number of alkyl halides is 6. The van der Waals surface area contributed by atoms with Gasteiger partial charge in [-0.1, -0.05) is 0 Å². The number of rotatable bonds is 2. The maximum Gasteiger partial charge on any atom is 0.510 e. The Hall–Kier alpha value is -0.590. The second-order valence-corrected chi connectivity index (χ2v) is 6.65. The summed E-state index contributed by atoms with van der Waals surface area (Å²) in [5, 5.41) is 8.77. The molecule has 0 radical (unpaired) electrons. The Morgan fingerprint density at radius 2 is 1.59 bits per heavy atom. The van der Waals surface area contributed by atoms with Crippen LogP contribution in [0, 0.1) is 0 Å². The number of hydrogen-bond acceptors (Lipinski definition) is 4. The summed E-state index contributed by atoms with van der Waals surface area (Å²) in [5.74, 6) is 0. The Morgan fingerprint density at radius 3 is 1.86 bits per heavy atom. The van der Waals surface area contributed by atoms with Gasteiger partial charge in [0.25, 0.3) is 0 Å². The van der Waals surface area contributed by atoms with Crippen LogP contribution in [-0.4, -0.2) is 63.4 Å². The zero-order chi connectivity index (χ0) is 17.7. The van der Waals surface area contributed by atoms with E-state index in [9.17, 15) is 35.1 Å². The lowest BCUT2D eigenvalue weighted by molar-refractivity contribution is -0.914. The second-order valence-electron chi connectivity index (χ2n) is 5.05. The van der Waals surface area contributed by atoms with Crippen LogP contribution >= 0.6 is 0 Å². The normalized spacial score (nSPS) is 21.3. The molecule has 0 aromatic heterocycles. The molecule has 5 nitrogen and oxygen atoms in total. The van der Waals surface area contributed by atoms with Crippen molar-refractivity contribution in [2.75, 3.05) is 33.3 Å². The van der Waals surface area contributed by atoms with Crippen molar-refractivity contribution in [3.05, 3.63) is 0 Å². The molecule has 1 atom stereocenters. The third kappa shape index (κ3) is 8.15. The van der Waals surface area contributed by atoms with Crippen LogP contribution in [0.2, 0.25) is 0 Å². The van der Waals surface area contributed by atoms with Gasteiger partial charge in [-0.05, 0) is 19.3 Å². The second kappa shape index (κ2) is 7.79. The molecule has 0 bridgehead atoms. The van der Waals surface area contributed by atoms with Gasteiger partial charge in [0.2, 0.25) is 0 Å². The van der Waals surface area contributed by atoms with Crippen molar-refractivity contribution in [3.8, 4) is 0 Å². The first-order valence-corrected chi connectivity index (χ1v) is 7.73. The Bertz CT molecular complexity index is 445. The quantitative estimate of drug-likeness (QED) is 0.466. The molecule has 134 valence electrons. The number of nitrogens with zero attached hydrogens (tertiary/aromatic N) is 2. The lowest BCUT2D eigenvalue weighted by atomic mass is 10.1. The van der Waals surface area contributed by atoms with Crippen LogP contribution in [-0.2, 0) is 10.0 Å². The average molecular weight is 360 g/mol. The van der Waals surface area contributed by atoms with Crippen LogP contribution in [0.3, 0.4) is 0 Å². The summed E-state index contributed by atoms with van der Waals surface area (Å²) in [6.45, 7) is 3.82. The molecule has 1 N–H and O–H groups in total. The van der Waals surface area contributed by atoms with E-state index in [4.69, 9.17) is 5.11 Å². The van der Waals surface area contributed by atoms with E-state index < -0.39 is 21.8 Å². The summed E-state index contributed by atoms with van der Waals surface area (Å²) < 4.78 is 87.7. The number of piperidine rings is 1. The fourth-order valence-electron chi connectivity index (χ4n) is 1.93. The fraction of sp³-hybridized carbons (Fsp3) is 1.00. The predicted octanol–water partition coefficient (Wildman–Crippen LogP) is 2.23. The van der Waals surface area contributed by atoms with Gasteiger partial charge in [0.1, 0.15) is 6.54 Å². The number of quaternary nitrogens is 1. The number of halogens is 6. The molecule has 1 aliphatic heterocycles. The molecule has 12 heteroatoms. The Balaban J connectivity index is 0.000000406. The third-order valence-corrected chi connectivity index (χ3v) is 4.08. The summed E-state index contributed by atoms with van der Waals surface area (Å²) in [6, 6.07) is 0. The van der Waals surface area contributed by atoms with Gasteiger partial charge in [-0.25, -0.2) is 0 Å². The lowest BCUT2D eigenvalue weighted by Crippen LogP contribution is -2.49. The molecule has 1 saturated heterocycles. The molecule has 0 saturated carbocycles. The molecule has 0 aromatic rings. The van der Waals surface area contributed by atoms with Gasteiger partial charge < -0.3 is 14.1 Å². The Kier molecular flexibility index (Phi) is 7.58. The molecule has 22 heavy (non-hydrogen) atoms. The lowest BCUT2D eigenvalue weighted by Gasteiger charge is -2.37. The first kappa shape index (κ1) is 21.4. The first-order valence-electron chi connectivity index (χ1n) is 6.29. The summed E-state index contributed by atoms with van der Waals surface area (Å²) in [6.07, 6.45) is -1.67. The van der Waals surface area contributed by atoms with Gasteiger partial charge in [-0.2, -0.15) is 13.2 Å². The van der Waals surface area contributed by atoms with Gasteiger partial charge in [0.15, 0.2) is 0 Å². The minimum Gasteiger partial charge on any atom is -0.757 e. The van der Waals surface area contributed by atoms with E-state index in [1.165, 1.54) is 32.4 Å². The summed E-state index contributed by atoms with van der Waals surface area (Å²) in [7, 11) is -4.21. The first-order chi connectivity index (χ1) is 9.72. The fourth-order valence-corrected chi connectivity index (χ4v) is 2.30. The molecule has 1 fully saturated rings. The molecule has 1 rings (SSSR count). The van der Waals surface area contributed by atoms with Crippen LogP contribution in [0.1, 0.15) is 19.3 Å². The van der Waals surface area contributed by atoms with Crippen molar-refractivity contribution >= 4 is 10.0 Å². The van der Waals surface area contributed by atoms with Gasteiger partial charge in [0.05, 0.1) is 36.8 Å². The highest BCUT2D eigenvalue weighted by Crippen LogP contribution is 2.28. The molecule has 1 unspecified atom stereocenters. The summed E-state index contributed by atoms with van der Waals surface area (Å²) >= 11 is 0. The van der Waals surface area contributed by atoms with Crippen molar-refractivity contribution in [3.63, 3.8) is 0 Å². The van der Waals surface area contributed by atoms with E-state index in [-0.39, 0.29) is 0 Å². The number of likely N-dealkylation sites (tertiary alicyclic amines) is 1. The molecule has 1 aliphatic rings. The van der Waals surface area contributed by atoms with E-state index in [1.54, 1.807) is 0 Å². The van der Waals surface area contributed by atoms with Gasteiger partial charge in [-0.3, -0.25) is 4.21 Å². The van der Waals surface area contributed by atoms with Crippen molar-refractivity contribution in [2.45, 2.75) is 31.1 Å². The topological polar surface area (TPSA) is 72.7 Å². The van der Waals surface area contributed by atoms with Crippen LogP contribution in [0.15, 0.2) is 4.36 Å². The van der Waals surface area contributed by atoms with Crippen LogP contribution in [0.25, 0.3) is 0 Å². The zero-order valence-electron chi connectivity index (χ0n) is 11.8. The number of aliphatic hydroxyl groups is 1. The SMILES string of the molecule is C[N+]1(CCO)CCCCC1.O=S([O-])(=NC(F)(F)F)C(F)(F)F. The molecular weight excluding hydrogens is 342 g/mol.